The molecule has 0 saturated carbocycles. The normalized spacial score (nSPS) is 23.1. The number of benzene rings is 3. The fourth-order valence-electron chi connectivity index (χ4n) is 4.60. The van der Waals surface area contributed by atoms with Crippen molar-refractivity contribution in [2.75, 3.05) is 17.3 Å². The molecule has 5 rings (SSSR count). The molecule has 2 N–H and O–H groups in total. The Morgan fingerprint density at radius 3 is 2.52 bits per heavy atom. The average Bonchev–Trinajstić information content (AvgIpc) is 2.80. The zero-order valence-electron chi connectivity index (χ0n) is 18.0. The van der Waals surface area contributed by atoms with E-state index in [9.17, 15) is 4.79 Å². The summed E-state index contributed by atoms with van der Waals surface area (Å²) in [6.07, 6.45) is 0. The van der Waals surface area contributed by atoms with Crippen molar-refractivity contribution in [3.63, 3.8) is 0 Å². The lowest BCUT2D eigenvalue weighted by atomic mass is 9.78. The fourth-order valence-corrected chi connectivity index (χ4v) is 5.28. The van der Waals surface area contributed by atoms with Gasteiger partial charge in [0.05, 0.1) is 13.2 Å². The summed E-state index contributed by atoms with van der Waals surface area (Å²) in [5.74, 6) is 0.694. The molecule has 3 aromatic carbocycles. The molecule has 1 amide bonds. The van der Waals surface area contributed by atoms with E-state index >= 15 is 0 Å². The van der Waals surface area contributed by atoms with E-state index in [2.05, 4.69) is 26.6 Å². The van der Waals surface area contributed by atoms with Gasteiger partial charge in [-0.1, -0.05) is 34.1 Å². The van der Waals surface area contributed by atoms with Crippen LogP contribution in [0.2, 0.25) is 0 Å². The number of para-hydroxylation sites is 1. The Morgan fingerprint density at radius 2 is 1.82 bits per heavy atom. The maximum atomic E-state index is 13.7. The summed E-state index contributed by atoms with van der Waals surface area (Å²) in [6.45, 7) is 1.92. The van der Waals surface area contributed by atoms with E-state index in [1.807, 2.05) is 84.6 Å². The number of rotatable bonds is 4. The van der Waals surface area contributed by atoms with E-state index in [-0.39, 0.29) is 11.9 Å². The SMILES string of the molecule is COc1ccc(NC(=O)C2C3NC(=S)N(c4ccc(Br)cc4)C2(C)Oc2ccccc23)cc1. The van der Waals surface area contributed by atoms with Gasteiger partial charge in [-0.3, -0.25) is 9.69 Å². The first-order chi connectivity index (χ1) is 15.9. The van der Waals surface area contributed by atoms with Gasteiger partial charge in [-0.2, -0.15) is 0 Å². The number of hydrogen-bond donors (Lipinski definition) is 2. The van der Waals surface area contributed by atoms with Crippen molar-refractivity contribution < 1.29 is 14.3 Å². The summed E-state index contributed by atoms with van der Waals surface area (Å²) in [6, 6.07) is 22.5. The van der Waals surface area contributed by atoms with Gasteiger partial charge in [0.15, 0.2) is 10.8 Å². The summed E-state index contributed by atoms with van der Waals surface area (Å²) in [5, 5.41) is 6.97. The second-order valence-electron chi connectivity index (χ2n) is 8.13. The van der Waals surface area contributed by atoms with Crippen LogP contribution in [0.25, 0.3) is 0 Å². The molecule has 0 spiro atoms. The third-order valence-electron chi connectivity index (χ3n) is 6.13. The summed E-state index contributed by atoms with van der Waals surface area (Å²) < 4.78 is 12.7. The van der Waals surface area contributed by atoms with Gasteiger partial charge >= 0.3 is 0 Å². The van der Waals surface area contributed by atoms with Crippen molar-refractivity contribution >= 4 is 50.5 Å². The number of fused-ring (bicyclic) bond motifs is 4. The molecule has 2 heterocycles. The summed E-state index contributed by atoms with van der Waals surface area (Å²) in [7, 11) is 1.61. The van der Waals surface area contributed by atoms with Gasteiger partial charge in [0.1, 0.15) is 17.4 Å². The molecule has 2 bridgehead atoms. The van der Waals surface area contributed by atoms with E-state index in [0.717, 1.165) is 27.2 Å². The van der Waals surface area contributed by atoms with Crippen molar-refractivity contribution in [2.45, 2.75) is 18.7 Å². The third kappa shape index (κ3) is 3.73. The van der Waals surface area contributed by atoms with Crippen molar-refractivity contribution in [3.05, 3.63) is 82.8 Å². The molecule has 33 heavy (non-hydrogen) atoms. The van der Waals surface area contributed by atoms with E-state index in [1.54, 1.807) is 7.11 Å². The molecule has 2 aliphatic heterocycles. The zero-order chi connectivity index (χ0) is 23.2. The number of halogens is 1. The molecule has 1 fully saturated rings. The minimum atomic E-state index is -1.05. The van der Waals surface area contributed by atoms with Gasteiger partial charge in [-0.15, -0.1) is 0 Å². The molecule has 1 saturated heterocycles. The number of nitrogens with zero attached hydrogens (tertiary/aromatic N) is 1. The maximum absolute atomic E-state index is 13.7. The standard InChI is InChI=1S/C25H22BrN3O3S/c1-25-21(23(30)27-16-9-13-18(31-2)14-10-16)22(19-5-3-4-6-20(19)32-25)28-24(33)29(25)17-11-7-15(26)8-12-17/h3-14,21-22H,1-2H3,(H,27,30)(H,28,33). The van der Waals surface area contributed by atoms with Gasteiger partial charge in [0.25, 0.3) is 0 Å². The Balaban J connectivity index is 1.58. The lowest BCUT2D eigenvalue weighted by Gasteiger charge is -2.56. The lowest BCUT2D eigenvalue weighted by molar-refractivity contribution is -0.130. The number of amides is 1. The third-order valence-corrected chi connectivity index (χ3v) is 6.96. The predicted molar refractivity (Wildman–Crippen MR) is 136 cm³/mol. The van der Waals surface area contributed by atoms with Gasteiger partial charge in [0.2, 0.25) is 5.91 Å². The maximum Gasteiger partial charge on any atom is 0.236 e. The number of nitrogens with one attached hydrogen (secondary N) is 2. The van der Waals surface area contributed by atoms with E-state index < -0.39 is 11.6 Å². The molecule has 3 unspecified atom stereocenters. The number of thiocarbonyl (C=S) groups is 1. The Bertz CT molecular complexity index is 1220. The second kappa shape index (κ2) is 8.35. The smallest absolute Gasteiger partial charge is 0.236 e. The molecular formula is C25H22BrN3O3S. The number of carbonyl (C=O) groups is 1. The average molecular weight is 524 g/mol. The van der Waals surface area contributed by atoms with E-state index in [0.29, 0.717) is 10.8 Å². The molecule has 0 radical (unpaired) electrons. The Kier molecular flexibility index (Phi) is 5.50. The van der Waals surface area contributed by atoms with Crippen LogP contribution in [-0.2, 0) is 4.79 Å². The molecule has 8 heteroatoms. The first-order valence-corrected chi connectivity index (χ1v) is 11.7. The van der Waals surface area contributed by atoms with Crippen LogP contribution in [0.4, 0.5) is 11.4 Å². The molecule has 0 aliphatic carbocycles. The van der Waals surface area contributed by atoms with Crippen molar-refractivity contribution in [1.29, 1.82) is 0 Å². The number of anilines is 2. The topological polar surface area (TPSA) is 62.8 Å². The molecular weight excluding hydrogens is 502 g/mol. The van der Waals surface area contributed by atoms with Crippen LogP contribution in [0.1, 0.15) is 18.5 Å². The van der Waals surface area contributed by atoms with Gasteiger partial charge in [-0.05, 0) is 73.7 Å². The van der Waals surface area contributed by atoms with Gasteiger partial charge in [-0.25, -0.2) is 0 Å². The number of hydrogen-bond acceptors (Lipinski definition) is 4. The Labute approximate surface area is 206 Å². The number of carbonyl (C=O) groups excluding carboxylic acids is 1. The van der Waals surface area contributed by atoms with Crippen molar-refractivity contribution in [2.24, 2.45) is 5.92 Å². The number of methoxy groups -OCH3 is 1. The minimum Gasteiger partial charge on any atom is -0.497 e. The molecule has 168 valence electrons. The van der Waals surface area contributed by atoms with Gasteiger partial charge in [0, 0.05) is 21.4 Å². The largest absolute Gasteiger partial charge is 0.497 e. The highest BCUT2D eigenvalue weighted by Gasteiger charge is 2.59. The first-order valence-electron chi connectivity index (χ1n) is 10.5. The Hall–Kier alpha value is -3.10. The van der Waals surface area contributed by atoms with Crippen LogP contribution >= 0.6 is 28.1 Å². The molecule has 3 atom stereocenters. The van der Waals surface area contributed by atoms with Crippen LogP contribution in [0.5, 0.6) is 11.5 Å². The zero-order valence-corrected chi connectivity index (χ0v) is 20.4. The molecule has 6 nitrogen and oxygen atoms in total. The van der Waals surface area contributed by atoms with E-state index in [1.165, 1.54) is 0 Å². The Morgan fingerprint density at radius 1 is 1.12 bits per heavy atom. The lowest BCUT2D eigenvalue weighted by Crippen LogP contribution is -2.72. The van der Waals surface area contributed by atoms with E-state index in [4.69, 9.17) is 21.7 Å². The highest BCUT2D eigenvalue weighted by molar-refractivity contribution is 9.10. The quantitative estimate of drug-likeness (QED) is 0.455. The second-order valence-corrected chi connectivity index (χ2v) is 9.43. The minimum absolute atomic E-state index is 0.167. The molecule has 0 aromatic heterocycles. The predicted octanol–water partition coefficient (Wildman–Crippen LogP) is 5.26. The van der Waals surface area contributed by atoms with Crippen molar-refractivity contribution in [1.82, 2.24) is 5.32 Å². The highest BCUT2D eigenvalue weighted by atomic mass is 79.9. The molecule has 2 aliphatic rings. The first kappa shape index (κ1) is 21.7. The van der Waals surface area contributed by atoms with Crippen molar-refractivity contribution in [3.8, 4) is 11.5 Å². The summed E-state index contributed by atoms with van der Waals surface area (Å²) in [5.41, 5.74) is 1.37. The van der Waals surface area contributed by atoms with Crippen LogP contribution in [0, 0.1) is 5.92 Å². The van der Waals surface area contributed by atoms with Gasteiger partial charge < -0.3 is 20.1 Å². The van der Waals surface area contributed by atoms with Crippen LogP contribution in [0.15, 0.2) is 77.3 Å². The summed E-state index contributed by atoms with van der Waals surface area (Å²) in [4.78, 5) is 15.6. The van der Waals surface area contributed by atoms with Crippen LogP contribution in [0.3, 0.4) is 0 Å². The van der Waals surface area contributed by atoms with Crippen LogP contribution < -0.4 is 25.0 Å². The monoisotopic (exact) mass is 523 g/mol. The molecule has 3 aromatic rings. The number of ether oxygens (including phenoxy) is 2. The van der Waals surface area contributed by atoms with Crippen LogP contribution in [-0.4, -0.2) is 23.9 Å². The summed E-state index contributed by atoms with van der Waals surface area (Å²) >= 11 is 9.26. The fraction of sp³-hybridized carbons (Fsp3) is 0.200. The highest BCUT2D eigenvalue weighted by Crippen LogP contribution is 2.49.